The molecule has 0 radical (unpaired) electrons. The van der Waals surface area contributed by atoms with E-state index in [0.29, 0.717) is 30.2 Å². The molecule has 0 aromatic heterocycles. The molecule has 2 N–H and O–H groups in total. The van der Waals surface area contributed by atoms with Gasteiger partial charge in [0, 0.05) is 25.1 Å². The van der Waals surface area contributed by atoms with Crippen molar-refractivity contribution >= 4 is 11.6 Å². The van der Waals surface area contributed by atoms with Gasteiger partial charge in [-0.15, -0.1) is 0 Å². The van der Waals surface area contributed by atoms with Gasteiger partial charge in [0.05, 0.1) is 12.2 Å². The van der Waals surface area contributed by atoms with Crippen molar-refractivity contribution < 1.29 is 14.2 Å². The Hall–Kier alpha value is -0.680. The SMILES string of the molecule is COCCNCCC(C)(O)Cc1ccc(Cl)cc1F. The average molecular weight is 290 g/mol. The summed E-state index contributed by atoms with van der Waals surface area (Å²) in [6, 6.07) is 4.52. The first-order valence-electron chi connectivity index (χ1n) is 6.30. The summed E-state index contributed by atoms with van der Waals surface area (Å²) in [4.78, 5) is 0. The Labute approximate surface area is 118 Å². The van der Waals surface area contributed by atoms with Crippen LogP contribution in [-0.4, -0.2) is 37.5 Å². The van der Waals surface area contributed by atoms with Gasteiger partial charge in [0.1, 0.15) is 5.82 Å². The zero-order chi connectivity index (χ0) is 14.3. The van der Waals surface area contributed by atoms with Gasteiger partial charge in [-0.05, 0) is 37.6 Å². The number of benzene rings is 1. The summed E-state index contributed by atoms with van der Waals surface area (Å²) in [6.07, 6.45) is 0.806. The van der Waals surface area contributed by atoms with Gasteiger partial charge >= 0.3 is 0 Å². The van der Waals surface area contributed by atoms with Crippen LogP contribution in [0.4, 0.5) is 4.39 Å². The topological polar surface area (TPSA) is 41.5 Å². The van der Waals surface area contributed by atoms with Gasteiger partial charge < -0.3 is 15.2 Å². The Bertz CT molecular complexity index is 399. The molecule has 0 aliphatic rings. The fourth-order valence-electron chi connectivity index (χ4n) is 1.82. The fraction of sp³-hybridized carbons (Fsp3) is 0.571. The molecule has 1 aromatic rings. The van der Waals surface area contributed by atoms with E-state index in [4.69, 9.17) is 16.3 Å². The Morgan fingerprint density at radius 1 is 1.42 bits per heavy atom. The van der Waals surface area contributed by atoms with Gasteiger partial charge in [-0.25, -0.2) is 4.39 Å². The number of aliphatic hydroxyl groups is 1. The van der Waals surface area contributed by atoms with Gasteiger partial charge in [0.15, 0.2) is 0 Å². The minimum atomic E-state index is -0.950. The smallest absolute Gasteiger partial charge is 0.127 e. The van der Waals surface area contributed by atoms with E-state index in [1.807, 2.05) is 0 Å². The highest BCUT2D eigenvalue weighted by Crippen LogP contribution is 2.21. The number of hydrogen-bond donors (Lipinski definition) is 2. The Kier molecular flexibility index (Phi) is 6.72. The number of hydrogen-bond acceptors (Lipinski definition) is 3. The first kappa shape index (κ1) is 16.4. The van der Waals surface area contributed by atoms with Gasteiger partial charge in [-0.3, -0.25) is 0 Å². The van der Waals surface area contributed by atoms with Crippen molar-refractivity contribution in [3.05, 3.63) is 34.6 Å². The zero-order valence-electron chi connectivity index (χ0n) is 11.4. The molecule has 1 atom stereocenters. The molecule has 0 aliphatic carbocycles. The number of nitrogens with one attached hydrogen (secondary N) is 1. The molecule has 0 saturated heterocycles. The summed E-state index contributed by atoms with van der Waals surface area (Å²) in [5, 5.41) is 13.8. The predicted octanol–water partition coefficient (Wildman–Crippen LogP) is 2.40. The van der Waals surface area contributed by atoms with Crippen LogP contribution in [0.1, 0.15) is 18.9 Å². The number of rotatable bonds is 8. The molecule has 1 aromatic carbocycles. The van der Waals surface area contributed by atoms with Crippen LogP contribution in [0.3, 0.4) is 0 Å². The van der Waals surface area contributed by atoms with Crippen molar-refractivity contribution in [2.45, 2.75) is 25.4 Å². The Balaban J connectivity index is 2.44. The van der Waals surface area contributed by atoms with E-state index in [-0.39, 0.29) is 12.2 Å². The van der Waals surface area contributed by atoms with Crippen LogP contribution in [0.2, 0.25) is 5.02 Å². The maximum atomic E-state index is 13.6. The van der Waals surface area contributed by atoms with Gasteiger partial charge in [0.2, 0.25) is 0 Å². The second-order valence-corrected chi connectivity index (χ2v) is 5.34. The maximum Gasteiger partial charge on any atom is 0.127 e. The Morgan fingerprint density at radius 2 is 2.16 bits per heavy atom. The molecule has 0 aliphatic heterocycles. The van der Waals surface area contributed by atoms with Crippen molar-refractivity contribution in [1.82, 2.24) is 5.32 Å². The van der Waals surface area contributed by atoms with Crippen molar-refractivity contribution in [3.63, 3.8) is 0 Å². The third kappa shape index (κ3) is 6.34. The second kappa shape index (κ2) is 7.80. The predicted molar refractivity (Wildman–Crippen MR) is 75.1 cm³/mol. The normalized spacial score (nSPS) is 14.4. The molecule has 0 bridgehead atoms. The molecule has 0 saturated carbocycles. The minimum absolute atomic E-state index is 0.266. The van der Waals surface area contributed by atoms with Crippen molar-refractivity contribution in [2.24, 2.45) is 0 Å². The molecular weight excluding hydrogens is 269 g/mol. The van der Waals surface area contributed by atoms with Crippen molar-refractivity contribution in [1.29, 1.82) is 0 Å². The van der Waals surface area contributed by atoms with E-state index in [9.17, 15) is 9.50 Å². The van der Waals surface area contributed by atoms with E-state index in [2.05, 4.69) is 5.32 Å². The highest BCUT2D eigenvalue weighted by Gasteiger charge is 2.22. The third-order valence-corrected chi connectivity index (χ3v) is 3.14. The number of halogens is 2. The van der Waals surface area contributed by atoms with Crippen LogP contribution in [0.5, 0.6) is 0 Å². The van der Waals surface area contributed by atoms with Crippen molar-refractivity contribution in [3.8, 4) is 0 Å². The molecule has 1 unspecified atom stereocenters. The second-order valence-electron chi connectivity index (χ2n) is 4.90. The van der Waals surface area contributed by atoms with Crippen LogP contribution in [0.15, 0.2) is 18.2 Å². The highest BCUT2D eigenvalue weighted by atomic mass is 35.5. The molecule has 1 rings (SSSR count). The first-order chi connectivity index (χ1) is 8.94. The van der Waals surface area contributed by atoms with Crippen molar-refractivity contribution in [2.75, 3.05) is 26.8 Å². The molecule has 19 heavy (non-hydrogen) atoms. The molecular formula is C14H21ClFNO2. The molecule has 5 heteroatoms. The quantitative estimate of drug-likeness (QED) is 0.722. The summed E-state index contributed by atoms with van der Waals surface area (Å²) in [7, 11) is 1.64. The molecule has 3 nitrogen and oxygen atoms in total. The monoisotopic (exact) mass is 289 g/mol. The average Bonchev–Trinajstić information content (AvgIpc) is 2.32. The summed E-state index contributed by atoms with van der Waals surface area (Å²) < 4.78 is 18.6. The van der Waals surface area contributed by atoms with Crippen LogP contribution in [-0.2, 0) is 11.2 Å². The minimum Gasteiger partial charge on any atom is -0.390 e. The van der Waals surface area contributed by atoms with E-state index >= 15 is 0 Å². The van der Waals surface area contributed by atoms with E-state index < -0.39 is 5.60 Å². The van der Waals surface area contributed by atoms with E-state index in [1.165, 1.54) is 6.07 Å². The molecule has 0 fully saturated rings. The summed E-state index contributed by atoms with van der Waals surface area (Å²) >= 11 is 5.70. The summed E-state index contributed by atoms with van der Waals surface area (Å²) in [6.45, 7) is 3.74. The van der Waals surface area contributed by atoms with Gasteiger partial charge in [-0.2, -0.15) is 0 Å². The fourth-order valence-corrected chi connectivity index (χ4v) is 1.98. The van der Waals surface area contributed by atoms with Crippen LogP contribution in [0, 0.1) is 5.82 Å². The zero-order valence-corrected chi connectivity index (χ0v) is 12.1. The third-order valence-electron chi connectivity index (χ3n) is 2.91. The standard InChI is InChI=1S/C14H21ClFNO2/c1-14(18,5-6-17-7-8-19-2)10-11-3-4-12(15)9-13(11)16/h3-4,9,17-18H,5-8,10H2,1-2H3. The lowest BCUT2D eigenvalue weighted by atomic mass is 9.93. The number of methoxy groups -OCH3 is 1. The van der Waals surface area contributed by atoms with Crippen LogP contribution in [0.25, 0.3) is 0 Å². The largest absolute Gasteiger partial charge is 0.390 e. The van der Waals surface area contributed by atoms with Gasteiger partial charge in [0.25, 0.3) is 0 Å². The molecule has 108 valence electrons. The lowest BCUT2D eigenvalue weighted by molar-refractivity contribution is 0.0502. The first-order valence-corrected chi connectivity index (χ1v) is 6.68. The van der Waals surface area contributed by atoms with Crippen LogP contribution >= 0.6 is 11.6 Å². The summed E-state index contributed by atoms with van der Waals surface area (Å²) in [5.74, 6) is -0.375. The number of ether oxygens (including phenoxy) is 1. The molecule has 0 amide bonds. The van der Waals surface area contributed by atoms with E-state index in [1.54, 1.807) is 26.2 Å². The molecule has 0 heterocycles. The lowest BCUT2D eigenvalue weighted by Crippen LogP contribution is -2.33. The molecule has 0 spiro atoms. The maximum absolute atomic E-state index is 13.6. The van der Waals surface area contributed by atoms with E-state index in [0.717, 1.165) is 6.54 Å². The van der Waals surface area contributed by atoms with Gasteiger partial charge in [-0.1, -0.05) is 17.7 Å². The summed E-state index contributed by atoms with van der Waals surface area (Å²) in [5.41, 5.74) is -0.472. The van der Waals surface area contributed by atoms with Crippen LogP contribution < -0.4 is 5.32 Å². The highest BCUT2D eigenvalue weighted by molar-refractivity contribution is 6.30. The Morgan fingerprint density at radius 3 is 2.79 bits per heavy atom. The lowest BCUT2D eigenvalue weighted by Gasteiger charge is -2.24.